The van der Waals surface area contributed by atoms with Gasteiger partial charge in [0.1, 0.15) is 5.69 Å². The normalized spacial score (nSPS) is 10.9. The molecule has 2 heterocycles. The van der Waals surface area contributed by atoms with Gasteiger partial charge in [-0.05, 0) is 35.2 Å². The molecule has 0 radical (unpaired) electrons. The van der Waals surface area contributed by atoms with Crippen LogP contribution in [0.1, 0.15) is 16.1 Å². The van der Waals surface area contributed by atoms with E-state index >= 15 is 0 Å². The monoisotopic (exact) mass is 304 g/mol. The molecule has 0 aliphatic rings. The number of thiophene rings is 1. The van der Waals surface area contributed by atoms with Crippen LogP contribution < -0.4 is 5.32 Å². The second kappa shape index (κ2) is 5.31. The fourth-order valence-corrected chi connectivity index (χ4v) is 3.18. The van der Waals surface area contributed by atoms with Gasteiger partial charge >= 0.3 is 0 Å². The SMILES string of the molecule is CNC(=O)c1cc2sccc2n1Cc1ccc(Cl)cc1. The summed E-state index contributed by atoms with van der Waals surface area (Å²) in [5, 5.41) is 5.45. The van der Waals surface area contributed by atoms with Crippen LogP contribution in [0.2, 0.25) is 5.02 Å². The van der Waals surface area contributed by atoms with E-state index in [1.807, 2.05) is 46.3 Å². The molecule has 0 saturated carbocycles. The Labute approximate surface area is 125 Å². The maximum Gasteiger partial charge on any atom is 0.267 e. The van der Waals surface area contributed by atoms with Crippen molar-refractivity contribution in [2.45, 2.75) is 6.54 Å². The molecule has 0 bridgehead atoms. The summed E-state index contributed by atoms with van der Waals surface area (Å²) >= 11 is 7.55. The lowest BCUT2D eigenvalue weighted by Crippen LogP contribution is -2.21. The second-order valence-electron chi connectivity index (χ2n) is 4.49. The van der Waals surface area contributed by atoms with Crippen LogP contribution in [-0.4, -0.2) is 17.5 Å². The Hall–Kier alpha value is -1.78. The summed E-state index contributed by atoms with van der Waals surface area (Å²) in [6.07, 6.45) is 0. The summed E-state index contributed by atoms with van der Waals surface area (Å²) in [6.45, 7) is 0.653. The van der Waals surface area contributed by atoms with E-state index in [0.29, 0.717) is 17.3 Å². The molecule has 2 aromatic heterocycles. The van der Waals surface area contributed by atoms with Crippen LogP contribution in [0.5, 0.6) is 0 Å². The number of nitrogens with zero attached hydrogens (tertiary/aromatic N) is 1. The van der Waals surface area contributed by atoms with E-state index in [1.165, 1.54) is 0 Å². The number of nitrogens with one attached hydrogen (secondary N) is 1. The molecule has 3 nitrogen and oxygen atoms in total. The van der Waals surface area contributed by atoms with Crippen molar-refractivity contribution in [3.8, 4) is 0 Å². The Morgan fingerprint density at radius 3 is 2.75 bits per heavy atom. The number of amides is 1. The number of rotatable bonds is 3. The third-order valence-corrected chi connectivity index (χ3v) is 4.34. The molecule has 1 amide bonds. The summed E-state index contributed by atoms with van der Waals surface area (Å²) < 4.78 is 3.16. The van der Waals surface area contributed by atoms with E-state index < -0.39 is 0 Å². The molecule has 0 unspecified atom stereocenters. The minimum absolute atomic E-state index is 0.0673. The van der Waals surface area contributed by atoms with Gasteiger partial charge in [-0.15, -0.1) is 11.3 Å². The molecular weight excluding hydrogens is 292 g/mol. The topological polar surface area (TPSA) is 34.0 Å². The van der Waals surface area contributed by atoms with E-state index in [-0.39, 0.29) is 5.91 Å². The first kappa shape index (κ1) is 13.2. The molecule has 5 heteroatoms. The van der Waals surface area contributed by atoms with Crippen molar-refractivity contribution in [1.82, 2.24) is 9.88 Å². The Bertz CT molecular complexity index is 758. The summed E-state index contributed by atoms with van der Waals surface area (Å²) in [4.78, 5) is 12.0. The highest BCUT2D eigenvalue weighted by Gasteiger charge is 2.15. The average molecular weight is 305 g/mol. The molecule has 0 aliphatic carbocycles. The quantitative estimate of drug-likeness (QED) is 0.785. The van der Waals surface area contributed by atoms with E-state index in [2.05, 4.69) is 5.32 Å². The van der Waals surface area contributed by atoms with Crippen LogP contribution in [0.15, 0.2) is 41.8 Å². The van der Waals surface area contributed by atoms with Crippen molar-refractivity contribution in [3.63, 3.8) is 0 Å². The maximum absolute atomic E-state index is 12.0. The first-order valence-electron chi connectivity index (χ1n) is 6.22. The molecule has 0 aliphatic heterocycles. The molecule has 102 valence electrons. The molecule has 3 aromatic rings. The van der Waals surface area contributed by atoms with Gasteiger partial charge in [0.15, 0.2) is 0 Å². The number of hydrogen-bond acceptors (Lipinski definition) is 2. The van der Waals surface area contributed by atoms with Crippen LogP contribution in [-0.2, 0) is 6.54 Å². The predicted octanol–water partition coefficient (Wildman–Crippen LogP) is 3.76. The Kier molecular flexibility index (Phi) is 3.51. The minimum atomic E-state index is -0.0673. The first-order chi connectivity index (χ1) is 9.69. The van der Waals surface area contributed by atoms with Gasteiger partial charge in [0.25, 0.3) is 5.91 Å². The smallest absolute Gasteiger partial charge is 0.267 e. The molecule has 20 heavy (non-hydrogen) atoms. The van der Waals surface area contributed by atoms with E-state index in [0.717, 1.165) is 15.8 Å². The maximum atomic E-state index is 12.0. The first-order valence-corrected chi connectivity index (χ1v) is 7.48. The van der Waals surface area contributed by atoms with Gasteiger partial charge in [0, 0.05) is 18.6 Å². The molecule has 1 N–H and O–H groups in total. The van der Waals surface area contributed by atoms with E-state index in [1.54, 1.807) is 18.4 Å². The van der Waals surface area contributed by atoms with Gasteiger partial charge in [-0.2, -0.15) is 0 Å². The summed E-state index contributed by atoms with van der Waals surface area (Å²) in [5.41, 5.74) is 2.89. The molecule has 0 saturated heterocycles. The van der Waals surface area contributed by atoms with Gasteiger partial charge in [0.05, 0.1) is 10.2 Å². The van der Waals surface area contributed by atoms with Gasteiger partial charge in [-0.1, -0.05) is 23.7 Å². The Balaban J connectivity index is 2.06. The summed E-state index contributed by atoms with van der Waals surface area (Å²) in [7, 11) is 1.65. The lowest BCUT2D eigenvalue weighted by molar-refractivity contribution is 0.0955. The van der Waals surface area contributed by atoms with Crippen molar-refractivity contribution in [1.29, 1.82) is 0 Å². The summed E-state index contributed by atoms with van der Waals surface area (Å²) in [5.74, 6) is -0.0673. The van der Waals surface area contributed by atoms with Crippen LogP contribution in [0.3, 0.4) is 0 Å². The Morgan fingerprint density at radius 1 is 1.30 bits per heavy atom. The third-order valence-electron chi connectivity index (χ3n) is 3.24. The van der Waals surface area contributed by atoms with Crippen molar-refractivity contribution >= 4 is 39.1 Å². The molecule has 3 rings (SSSR count). The van der Waals surface area contributed by atoms with Crippen molar-refractivity contribution < 1.29 is 4.79 Å². The van der Waals surface area contributed by atoms with Gasteiger partial charge in [-0.25, -0.2) is 0 Å². The zero-order valence-corrected chi connectivity index (χ0v) is 12.5. The van der Waals surface area contributed by atoms with Crippen LogP contribution in [0, 0.1) is 0 Å². The zero-order chi connectivity index (χ0) is 14.1. The van der Waals surface area contributed by atoms with Crippen molar-refractivity contribution in [3.05, 3.63) is 58.1 Å². The summed E-state index contributed by atoms with van der Waals surface area (Å²) in [6, 6.07) is 11.7. The number of hydrogen-bond donors (Lipinski definition) is 1. The minimum Gasteiger partial charge on any atom is -0.354 e. The van der Waals surface area contributed by atoms with Crippen LogP contribution >= 0.6 is 22.9 Å². The zero-order valence-electron chi connectivity index (χ0n) is 10.9. The van der Waals surface area contributed by atoms with Gasteiger partial charge in [-0.3, -0.25) is 4.79 Å². The lowest BCUT2D eigenvalue weighted by Gasteiger charge is -2.09. The largest absolute Gasteiger partial charge is 0.354 e. The number of benzene rings is 1. The number of carbonyl (C=O) groups excluding carboxylic acids is 1. The fraction of sp³-hybridized carbons (Fsp3) is 0.133. The van der Waals surface area contributed by atoms with Crippen molar-refractivity contribution in [2.75, 3.05) is 7.05 Å². The standard InChI is InChI=1S/C15H13ClN2OS/c1-17-15(19)13-8-14-12(6-7-20-14)18(13)9-10-2-4-11(16)5-3-10/h2-8H,9H2,1H3,(H,17,19). The van der Waals surface area contributed by atoms with E-state index in [9.17, 15) is 4.79 Å². The van der Waals surface area contributed by atoms with E-state index in [4.69, 9.17) is 11.6 Å². The highest BCUT2D eigenvalue weighted by Crippen LogP contribution is 2.26. The molecule has 0 atom stereocenters. The number of fused-ring (bicyclic) bond motifs is 1. The average Bonchev–Trinajstić information content (AvgIpc) is 3.03. The fourth-order valence-electron chi connectivity index (χ4n) is 2.24. The number of carbonyl (C=O) groups is 1. The number of halogens is 1. The lowest BCUT2D eigenvalue weighted by atomic mass is 10.2. The number of aromatic nitrogens is 1. The molecule has 1 aromatic carbocycles. The molecule has 0 spiro atoms. The van der Waals surface area contributed by atoms with Crippen LogP contribution in [0.25, 0.3) is 10.2 Å². The predicted molar refractivity (Wildman–Crippen MR) is 83.8 cm³/mol. The van der Waals surface area contributed by atoms with Gasteiger partial charge in [0.2, 0.25) is 0 Å². The molecular formula is C15H13ClN2OS. The Morgan fingerprint density at radius 2 is 2.05 bits per heavy atom. The molecule has 0 fully saturated rings. The second-order valence-corrected chi connectivity index (χ2v) is 5.88. The highest BCUT2D eigenvalue weighted by atomic mass is 35.5. The van der Waals surface area contributed by atoms with Gasteiger partial charge < -0.3 is 9.88 Å². The van der Waals surface area contributed by atoms with Crippen LogP contribution in [0.4, 0.5) is 0 Å². The van der Waals surface area contributed by atoms with Crippen molar-refractivity contribution in [2.24, 2.45) is 0 Å². The third kappa shape index (κ3) is 2.32. The highest BCUT2D eigenvalue weighted by molar-refractivity contribution is 7.17.